The van der Waals surface area contributed by atoms with Crippen LogP contribution in [-0.2, 0) is 5.11 Å². The van der Waals surface area contributed by atoms with Crippen molar-refractivity contribution < 1.29 is 5.11 Å². The van der Waals surface area contributed by atoms with E-state index in [1.807, 2.05) is 44.2 Å². The Morgan fingerprint density at radius 2 is 1.56 bits per heavy atom. The topological polar surface area (TPSA) is 19.9 Å². The largest absolute Gasteiger partial charge is 0.290 e. The smallest absolute Gasteiger partial charge is 0.182 e. The molecule has 0 N–H and O–H groups in total. The van der Waals surface area contributed by atoms with Crippen molar-refractivity contribution in [2.45, 2.75) is 19.8 Å². The van der Waals surface area contributed by atoms with Crippen molar-refractivity contribution >= 4 is 0 Å². The van der Waals surface area contributed by atoms with Crippen molar-refractivity contribution in [3.8, 4) is 16.9 Å². The van der Waals surface area contributed by atoms with Crippen molar-refractivity contribution in [1.29, 1.82) is 0 Å². The van der Waals surface area contributed by atoms with Gasteiger partial charge in [0.15, 0.2) is 5.75 Å². The number of hydrogen-bond donors (Lipinski definition) is 0. The Balaban J connectivity index is 2.48. The van der Waals surface area contributed by atoms with Gasteiger partial charge in [-0.3, -0.25) is 5.11 Å². The molecule has 1 nitrogen and oxygen atoms in total. The summed E-state index contributed by atoms with van der Waals surface area (Å²) in [6.45, 7) is 4.09. The Morgan fingerprint density at radius 3 is 2.19 bits per heavy atom. The van der Waals surface area contributed by atoms with Crippen LogP contribution in [0, 0.1) is 0 Å². The number of benzene rings is 2. The fraction of sp³-hybridized carbons (Fsp3) is 0.200. The van der Waals surface area contributed by atoms with Gasteiger partial charge in [0.25, 0.3) is 0 Å². The molecule has 0 atom stereocenters. The average molecular weight is 211 g/mol. The SMILES string of the molecule is CC(C)c1cc(-c2ccccc2)ccc1[O]. The van der Waals surface area contributed by atoms with Crippen LogP contribution in [-0.4, -0.2) is 0 Å². The summed E-state index contributed by atoms with van der Waals surface area (Å²) in [6, 6.07) is 15.7. The van der Waals surface area contributed by atoms with E-state index in [0.717, 1.165) is 16.7 Å². The summed E-state index contributed by atoms with van der Waals surface area (Å²) in [7, 11) is 0. The van der Waals surface area contributed by atoms with E-state index in [2.05, 4.69) is 12.1 Å². The molecule has 81 valence electrons. The van der Waals surface area contributed by atoms with Crippen LogP contribution in [0.1, 0.15) is 25.3 Å². The third-order valence-corrected chi connectivity index (χ3v) is 2.74. The summed E-state index contributed by atoms with van der Waals surface area (Å²) in [5.41, 5.74) is 3.16. The molecular formula is C15H15O. The van der Waals surface area contributed by atoms with Gasteiger partial charge in [0.05, 0.1) is 0 Å². The maximum Gasteiger partial charge on any atom is 0.182 e. The summed E-state index contributed by atoms with van der Waals surface area (Å²) < 4.78 is 0. The van der Waals surface area contributed by atoms with Crippen LogP contribution in [0.2, 0.25) is 0 Å². The summed E-state index contributed by atoms with van der Waals surface area (Å²) in [6.07, 6.45) is 0. The van der Waals surface area contributed by atoms with Crippen LogP contribution in [0.15, 0.2) is 48.5 Å². The maximum atomic E-state index is 11.6. The minimum absolute atomic E-state index is 0.134. The van der Waals surface area contributed by atoms with E-state index in [9.17, 15) is 5.11 Å². The van der Waals surface area contributed by atoms with Crippen molar-refractivity contribution in [3.63, 3.8) is 0 Å². The van der Waals surface area contributed by atoms with E-state index in [0.29, 0.717) is 0 Å². The van der Waals surface area contributed by atoms with Crippen LogP contribution in [0.3, 0.4) is 0 Å². The molecule has 0 fully saturated rings. The number of hydrogen-bond acceptors (Lipinski definition) is 0. The fourth-order valence-electron chi connectivity index (χ4n) is 1.81. The monoisotopic (exact) mass is 211 g/mol. The van der Waals surface area contributed by atoms with Crippen LogP contribution in [0.25, 0.3) is 11.1 Å². The quantitative estimate of drug-likeness (QED) is 0.690. The zero-order valence-corrected chi connectivity index (χ0v) is 9.60. The lowest BCUT2D eigenvalue weighted by Gasteiger charge is -2.09. The zero-order valence-electron chi connectivity index (χ0n) is 9.60. The van der Waals surface area contributed by atoms with Gasteiger partial charge in [-0.05, 0) is 29.2 Å². The van der Waals surface area contributed by atoms with Gasteiger partial charge < -0.3 is 0 Å². The van der Waals surface area contributed by atoms with Crippen LogP contribution >= 0.6 is 0 Å². The molecule has 0 amide bonds. The summed E-state index contributed by atoms with van der Waals surface area (Å²) >= 11 is 0. The third-order valence-electron chi connectivity index (χ3n) is 2.74. The van der Waals surface area contributed by atoms with E-state index in [4.69, 9.17) is 0 Å². The first-order valence-corrected chi connectivity index (χ1v) is 5.55. The molecular weight excluding hydrogens is 196 g/mol. The highest BCUT2D eigenvalue weighted by atomic mass is 16.3. The molecule has 2 aromatic carbocycles. The van der Waals surface area contributed by atoms with Gasteiger partial charge in [-0.25, -0.2) is 0 Å². The Morgan fingerprint density at radius 1 is 0.875 bits per heavy atom. The van der Waals surface area contributed by atoms with Crippen LogP contribution in [0.5, 0.6) is 5.75 Å². The van der Waals surface area contributed by atoms with Gasteiger partial charge in [-0.1, -0.05) is 50.2 Å². The molecule has 0 aliphatic carbocycles. The van der Waals surface area contributed by atoms with E-state index in [-0.39, 0.29) is 11.7 Å². The van der Waals surface area contributed by atoms with Gasteiger partial charge in [-0.15, -0.1) is 0 Å². The molecule has 0 aromatic heterocycles. The second-order valence-corrected chi connectivity index (χ2v) is 4.27. The highest BCUT2D eigenvalue weighted by molar-refractivity contribution is 5.65. The Bertz CT molecular complexity index is 472. The highest BCUT2D eigenvalue weighted by Crippen LogP contribution is 2.30. The molecule has 0 spiro atoms. The van der Waals surface area contributed by atoms with E-state index >= 15 is 0 Å². The van der Waals surface area contributed by atoms with Gasteiger partial charge in [0.1, 0.15) is 0 Å². The molecule has 0 saturated carbocycles. The molecule has 2 rings (SSSR count). The third kappa shape index (κ3) is 2.08. The van der Waals surface area contributed by atoms with Gasteiger partial charge in [0.2, 0.25) is 0 Å². The molecule has 0 aliphatic heterocycles. The molecule has 0 aliphatic rings. The minimum atomic E-state index is 0.134. The Kier molecular flexibility index (Phi) is 2.95. The zero-order chi connectivity index (χ0) is 11.5. The lowest BCUT2D eigenvalue weighted by molar-refractivity contribution is 0.348. The first-order chi connectivity index (χ1) is 7.68. The molecule has 1 radical (unpaired) electrons. The molecule has 0 saturated heterocycles. The molecule has 0 heterocycles. The second kappa shape index (κ2) is 4.40. The van der Waals surface area contributed by atoms with E-state index < -0.39 is 0 Å². The van der Waals surface area contributed by atoms with Crippen molar-refractivity contribution in [3.05, 3.63) is 54.1 Å². The molecule has 16 heavy (non-hydrogen) atoms. The Hall–Kier alpha value is -1.76. The van der Waals surface area contributed by atoms with E-state index in [1.54, 1.807) is 6.07 Å². The average Bonchev–Trinajstić information content (AvgIpc) is 2.30. The molecule has 2 aromatic rings. The minimum Gasteiger partial charge on any atom is -0.290 e. The van der Waals surface area contributed by atoms with Crippen LogP contribution < -0.4 is 0 Å². The standard InChI is InChI=1S/C15H15O/c1-11(2)14-10-13(8-9-15(14)16)12-6-4-3-5-7-12/h3-11H,1-2H3. The predicted octanol–water partition coefficient (Wildman–Crippen LogP) is 4.62. The van der Waals surface area contributed by atoms with Crippen molar-refractivity contribution in [1.82, 2.24) is 0 Å². The molecule has 0 bridgehead atoms. The molecule has 1 heteroatoms. The van der Waals surface area contributed by atoms with E-state index in [1.165, 1.54) is 0 Å². The second-order valence-electron chi connectivity index (χ2n) is 4.27. The van der Waals surface area contributed by atoms with Crippen LogP contribution in [0.4, 0.5) is 0 Å². The van der Waals surface area contributed by atoms with Gasteiger partial charge >= 0.3 is 0 Å². The lowest BCUT2D eigenvalue weighted by Crippen LogP contribution is -1.88. The maximum absolute atomic E-state index is 11.6. The van der Waals surface area contributed by atoms with Gasteiger partial charge in [-0.2, -0.15) is 0 Å². The van der Waals surface area contributed by atoms with Crippen molar-refractivity contribution in [2.75, 3.05) is 0 Å². The summed E-state index contributed by atoms with van der Waals surface area (Å²) in [5.74, 6) is 0.408. The van der Waals surface area contributed by atoms with Gasteiger partial charge in [0, 0.05) is 5.56 Å². The number of rotatable bonds is 2. The van der Waals surface area contributed by atoms with Crippen molar-refractivity contribution in [2.24, 2.45) is 0 Å². The molecule has 0 unspecified atom stereocenters. The fourth-order valence-corrected chi connectivity index (χ4v) is 1.81. The Labute approximate surface area is 96.4 Å². The predicted molar refractivity (Wildman–Crippen MR) is 66.1 cm³/mol. The lowest BCUT2D eigenvalue weighted by atomic mass is 9.96. The first-order valence-electron chi connectivity index (χ1n) is 5.55. The summed E-state index contributed by atoms with van der Waals surface area (Å²) in [5, 5.41) is 11.6. The first kappa shape index (κ1) is 10.7. The summed E-state index contributed by atoms with van der Waals surface area (Å²) in [4.78, 5) is 0. The normalized spacial score (nSPS) is 10.7. The highest BCUT2D eigenvalue weighted by Gasteiger charge is 2.08.